The third-order valence-electron chi connectivity index (χ3n) is 5.16. The van der Waals surface area contributed by atoms with E-state index in [4.69, 9.17) is 11.5 Å². The molecule has 0 fully saturated rings. The molecule has 3 aromatic rings. The highest BCUT2D eigenvalue weighted by molar-refractivity contribution is 5.98. The van der Waals surface area contributed by atoms with Gasteiger partial charge in [-0.05, 0) is 37.6 Å². The summed E-state index contributed by atoms with van der Waals surface area (Å²) in [7, 11) is 1.85. The standard InChI is InChI=1S/C22H25N7O4/c1-12(30)3-4-14(21(32)33)9-17(31)13-5-7-16(8-6-13)29(2)11-15-10-25-20-18(26-15)19(23)27-22(24)28-20/h5-8,10,14H,3-4,9,11H2,1-2H3,(H,32,33)(H4,23,24,25,27,28)/t14-/m0/s1. The van der Waals surface area contributed by atoms with Crippen molar-refractivity contribution < 1.29 is 19.5 Å². The smallest absolute Gasteiger partial charge is 0.306 e. The zero-order valence-electron chi connectivity index (χ0n) is 18.4. The molecule has 11 heteroatoms. The Balaban J connectivity index is 1.67. The van der Waals surface area contributed by atoms with Gasteiger partial charge >= 0.3 is 5.97 Å². The molecule has 0 aliphatic carbocycles. The zero-order valence-corrected chi connectivity index (χ0v) is 18.4. The Morgan fingerprint density at radius 1 is 1.09 bits per heavy atom. The average Bonchev–Trinajstić information content (AvgIpc) is 2.76. The largest absolute Gasteiger partial charge is 0.481 e. The molecule has 3 rings (SSSR count). The van der Waals surface area contributed by atoms with Crippen molar-refractivity contribution in [2.24, 2.45) is 5.92 Å². The van der Waals surface area contributed by atoms with Gasteiger partial charge in [-0.15, -0.1) is 0 Å². The van der Waals surface area contributed by atoms with Crippen molar-refractivity contribution in [2.45, 2.75) is 32.7 Å². The van der Waals surface area contributed by atoms with Crippen molar-refractivity contribution in [1.82, 2.24) is 19.9 Å². The molecule has 0 saturated heterocycles. The first-order valence-electron chi connectivity index (χ1n) is 10.2. The topological polar surface area (TPSA) is 178 Å². The van der Waals surface area contributed by atoms with Crippen LogP contribution in [0.5, 0.6) is 0 Å². The second-order valence-electron chi connectivity index (χ2n) is 7.81. The summed E-state index contributed by atoms with van der Waals surface area (Å²) < 4.78 is 0. The van der Waals surface area contributed by atoms with Crippen LogP contribution in [0.4, 0.5) is 17.5 Å². The van der Waals surface area contributed by atoms with Gasteiger partial charge in [-0.1, -0.05) is 0 Å². The fourth-order valence-corrected chi connectivity index (χ4v) is 3.33. The van der Waals surface area contributed by atoms with Crippen molar-refractivity contribution in [3.05, 3.63) is 41.7 Å². The number of benzene rings is 1. The van der Waals surface area contributed by atoms with Gasteiger partial charge < -0.3 is 26.3 Å². The molecule has 11 nitrogen and oxygen atoms in total. The van der Waals surface area contributed by atoms with Gasteiger partial charge in [-0.2, -0.15) is 9.97 Å². The highest BCUT2D eigenvalue weighted by Gasteiger charge is 2.22. The van der Waals surface area contributed by atoms with Crippen LogP contribution in [0.2, 0.25) is 0 Å². The molecule has 2 aromatic heterocycles. The van der Waals surface area contributed by atoms with Crippen LogP contribution in [-0.2, 0) is 16.1 Å². The van der Waals surface area contributed by atoms with Crippen LogP contribution < -0.4 is 16.4 Å². The van der Waals surface area contributed by atoms with Crippen LogP contribution >= 0.6 is 0 Å². The SMILES string of the molecule is CC(=O)CC[C@@H](CC(=O)c1ccc(N(C)Cc2cnc3nc(N)nc(N)c3n2)cc1)C(=O)O. The summed E-state index contributed by atoms with van der Waals surface area (Å²) in [5.74, 6) is -2.16. The van der Waals surface area contributed by atoms with Gasteiger partial charge in [0.05, 0.1) is 24.4 Å². The van der Waals surface area contributed by atoms with E-state index in [-0.39, 0.29) is 42.6 Å². The number of carboxylic acids is 1. The van der Waals surface area contributed by atoms with E-state index in [1.165, 1.54) is 6.92 Å². The van der Waals surface area contributed by atoms with E-state index >= 15 is 0 Å². The van der Waals surface area contributed by atoms with E-state index in [2.05, 4.69) is 19.9 Å². The average molecular weight is 451 g/mol. The summed E-state index contributed by atoms with van der Waals surface area (Å²) in [6.07, 6.45) is 1.71. The molecular formula is C22H25N7O4. The Labute approximate surface area is 189 Å². The number of rotatable bonds is 10. The molecule has 0 saturated carbocycles. The number of aliphatic carboxylic acids is 1. The zero-order chi connectivity index (χ0) is 24.1. The lowest BCUT2D eigenvalue weighted by Crippen LogP contribution is -2.19. The van der Waals surface area contributed by atoms with Gasteiger partial charge in [0.15, 0.2) is 22.8 Å². The van der Waals surface area contributed by atoms with E-state index in [0.29, 0.717) is 29.0 Å². The molecule has 0 aliphatic heterocycles. The monoisotopic (exact) mass is 451 g/mol. The summed E-state index contributed by atoms with van der Waals surface area (Å²) in [5, 5.41) is 9.33. The minimum Gasteiger partial charge on any atom is -0.481 e. The number of Topliss-reactive ketones (excluding diaryl/α,β-unsaturated/α-hetero) is 2. The predicted molar refractivity (Wildman–Crippen MR) is 122 cm³/mol. The van der Waals surface area contributed by atoms with Crippen molar-refractivity contribution in [3.63, 3.8) is 0 Å². The summed E-state index contributed by atoms with van der Waals surface area (Å²) in [6, 6.07) is 6.84. The van der Waals surface area contributed by atoms with Gasteiger partial charge in [-0.25, -0.2) is 9.97 Å². The molecule has 172 valence electrons. The Bertz CT molecular complexity index is 1200. The Kier molecular flexibility index (Phi) is 7.11. The fraction of sp³-hybridized carbons (Fsp3) is 0.318. The van der Waals surface area contributed by atoms with Gasteiger partial charge in [0, 0.05) is 31.1 Å². The molecule has 0 unspecified atom stereocenters. The molecule has 2 heterocycles. The quantitative estimate of drug-likeness (QED) is 0.383. The second kappa shape index (κ2) is 9.98. The number of fused-ring (bicyclic) bond motifs is 1. The van der Waals surface area contributed by atoms with E-state index in [0.717, 1.165) is 5.69 Å². The predicted octanol–water partition coefficient (Wildman–Crippen LogP) is 1.86. The Morgan fingerprint density at radius 3 is 2.42 bits per heavy atom. The number of nitrogen functional groups attached to an aromatic ring is 2. The summed E-state index contributed by atoms with van der Waals surface area (Å²) in [6.45, 7) is 1.81. The molecule has 0 amide bonds. The Hall–Kier alpha value is -4.15. The van der Waals surface area contributed by atoms with E-state index < -0.39 is 11.9 Å². The molecule has 0 spiro atoms. The van der Waals surface area contributed by atoms with Crippen molar-refractivity contribution in [1.29, 1.82) is 0 Å². The molecular weight excluding hydrogens is 426 g/mol. The molecule has 0 aliphatic rings. The summed E-state index contributed by atoms with van der Waals surface area (Å²) in [5.41, 5.74) is 14.0. The molecule has 1 aromatic carbocycles. The number of hydrogen-bond donors (Lipinski definition) is 3. The van der Waals surface area contributed by atoms with Crippen LogP contribution in [0.25, 0.3) is 11.2 Å². The lowest BCUT2D eigenvalue weighted by atomic mass is 9.93. The maximum absolute atomic E-state index is 12.5. The minimum absolute atomic E-state index is 0.0299. The first-order chi connectivity index (χ1) is 15.6. The lowest BCUT2D eigenvalue weighted by molar-refractivity contribution is -0.142. The highest BCUT2D eigenvalue weighted by Crippen LogP contribution is 2.21. The van der Waals surface area contributed by atoms with Crippen LogP contribution in [0.15, 0.2) is 30.5 Å². The number of aromatic nitrogens is 4. The van der Waals surface area contributed by atoms with Crippen LogP contribution in [-0.4, -0.2) is 49.6 Å². The summed E-state index contributed by atoms with van der Waals surface area (Å²) >= 11 is 0. The number of carbonyl (C=O) groups is 3. The van der Waals surface area contributed by atoms with Gasteiger partial charge in [0.25, 0.3) is 0 Å². The third-order valence-corrected chi connectivity index (χ3v) is 5.16. The highest BCUT2D eigenvalue weighted by atomic mass is 16.4. The normalized spacial score (nSPS) is 11.8. The number of nitrogens with two attached hydrogens (primary N) is 2. The molecule has 0 bridgehead atoms. The summed E-state index contributed by atoms with van der Waals surface area (Å²) in [4.78, 5) is 53.6. The minimum atomic E-state index is -1.08. The van der Waals surface area contributed by atoms with Crippen LogP contribution in [0.3, 0.4) is 0 Å². The van der Waals surface area contributed by atoms with Crippen molar-refractivity contribution in [2.75, 3.05) is 23.4 Å². The number of hydrogen-bond acceptors (Lipinski definition) is 10. The maximum Gasteiger partial charge on any atom is 0.306 e. The molecule has 33 heavy (non-hydrogen) atoms. The lowest BCUT2D eigenvalue weighted by Gasteiger charge is -2.19. The fourth-order valence-electron chi connectivity index (χ4n) is 3.33. The maximum atomic E-state index is 12.5. The molecule has 5 N–H and O–H groups in total. The number of ketones is 2. The number of nitrogens with zero attached hydrogens (tertiary/aromatic N) is 5. The third kappa shape index (κ3) is 5.97. The van der Waals surface area contributed by atoms with Gasteiger partial charge in [0.1, 0.15) is 5.78 Å². The number of anilines is 3. The molecule has 1 atom stereocenters. The van der Waals surface area contributed by atoms with Crippen molar-refractivity contribution >= 4 is 46.2 Å². The van der Waals surface area contributed by atoms with E-state index in [1.54, 1.807) is 30.5 Å². The number of carbonyl (C=O) groups excluding carboxylic acids is 2. The Morgan fingerprint density at radius 2 is 1.79 bits per heavy atom. The molecule has 0 radical (unpaired) electrons. The first kappa shape index (κ1) is 23.5. The van der Waals surface area contributed by atoms with E-state index in [9.17, 15) is 19.5 Å². The second-order valence-corrected chi connectivity index (χ2v) is 7.81. The van der Waals surface area contributed by atoms with Crippen LogP contribution in [0, 0.1) is 5.92 Å². The van der Waals surface area contributed by atoms with E-state index in [1.807, 2.05) is 11.9 Å². The van der Waals surface area contributed by atoms with Crippen LogP contribution in [0.1, 0.15) is 42.2 Å². The number of carboxylic acid groups (broad SMARTS) is 1. The van der Waals surface area contributed by atoms with Crippen molar-refractivity contribution in [3.8, 4) is 0 Å². The van der Waals surface area contributed by atoms with Gasteiger partial charge in [-0.3, -0.25) is 9.59 Å². The van der Waals surface area contributed by atoms with Gasteiger partial charge in [0.2, 0.25) is 5.95 Å². The first-order valence-corrected chi connectivity index (χ1v) is 10.2.